The van der Waals surface area contributed by atoms with E-state index in [1.807, 2.05) is 12.1 Å². The second-order valence-electron chi connectivity index (χ2n) is 10.8. The van der Waals surface area contributed by atoms with Gasteiger partial charge in [-0.1, -0.05) is 119 Å². The summed E-state index contributed by atoms with van der Waals surface area (Å²) in [6.45, 7) is 0. The smallest absolute Gasteiger partial charge is 0.235 e. The van der Waals surface area contributed by atoms with E-state index in [0.29, 0.717) is 5.95 Å². The van der Waals surface area contributed by atoms with Gasteiger partial charge in [0, 0.05) is 31.7 Å². The molecule has 1 aliphatic heterocycles. The molecule has 0 radical (unpaired) electrons. The Morgan fingerprint density at radius 3 is 1.84 bits per heavy atom. The van der Waals surface area contributed by atoms with Crippen LogP contribution in [0, 0.1) is 0 Å². The van der Waals surface area contributed by atoms with Crippen molar-refractivity contribution < 1.29 is 0 Å². The summed E-state index contributed by atoms with van der Waals surface area (Å²) in [6, 6.07) is 49.0. The first-order valence-electron chi connectivity index (χ1n) is 14.3. The maximum atomic E-state index is 6.35. The van der Waals surface area contributed by atoms with E-state index in [1.165, 1.54) is 42.5 Å². The van der Waals surface area contributed by atoms with Gasteiger partial charge in [-0.15, -0.1) is 0 Å². The molecule has 6 aromatic carbocycles. The van der Waals surface area contributed by atoms with Gasteiger partial charge in [0.15, 0.2) is 0 Å². The lowest BCUT2D eigenvalue weighted by Crippen LogP contribution is -2.04. The Balaban J connectivity index is 1.35. The zero-order valence-corrected chi connectivity index (χ0v) is 24.6. The van der Waals surface area contributed by atoms with Gasteiger partial charge in [0.1, 0.15) is 0 Å². The summed E-state index contributed by atoms with van der Waals surface area (Å²) in [5.74, 6) is 0.650. The van der Waals surface area contributed by atoms with Crippen molar-refractivity contribution in [1.82, 2.24) is 14.5 Å². The Morgan fingerprint density at radius 1 is 0.535 bits per heavy atom. The Labute approximate surface area is 255 Å². The van der Waals surface area contributed by atoms with Crippen LogP contribution in [-0.2, 0) is 20.6 Å². The van der Waals surface area contributed by atoms with Gasteiger partial charge in [-0.2, -0.15) is 0 Å². The number of nitrogens with zero attached hydrogens (tertiary/aromatic N) is 3. The molecule has 1 atom stereocenters. The zero-order valence-electron chi connectivity index (χ0n) is 22.9. The summed E-state index contributed by atoms with van der Waals surface area (Å²) in [6.07, 6.45) is 0. The van der Waals surface area contributed by atoms with E-state index in [-0.39, 0.29) is 0 Å². The Bertz CT molecular complexity index is 2350. The number of benzene rings is 6. The lowest BCUT2D eigenvalue weighted by atomic mass is 9.99. The molecule has 9 rings (SSSR count). The number of aromatic nitrogens is 3. The predicted octanol–water partition coefficient (Wildman–Crippen LogP) is 9.54. The van der Waals surface area contributed by atoms with Gasteiger partial charge in [0.25, 0.3) is 0 Å². The standard InChI is InChI=1S/C38H23N3S2/c42-43-35-22-27-16-8-7-15-26(27)21-30(35)28-19-20-34-36(37(28)43)29-17-9-10-18-33(29)41(34)38-39-31(24-11-3-1-4-12-24)23-32(40-38)25-13-5-2-6-14-25/h1-23H. The summed E-state index contributed by atoms with van der Waals surface area (Å²) in [4.78, 5) is 12.8. The monoisotopic (exact) mass is 585 g/mol. The lowest BCUT2D eigenvalue weighted by molar-refractivity contribution is 0.995. The summed E-state index contributed by atoms with van der Waals surface area (Å²) in [5.41, 5.74) is 8.52. The summed E-state index contributed by atoms with van der Waals surface area (Å²) in [7, 11) is -0.491. The first-order valence-corrected chi connectivity index (χ1v) is 16.4. The zero-order chi connectivity index (χ0) is 28.5. The fourth-order valence-electron chi connectivity index (χ4n) is 6.39. The van der Waals surface area contributed by atoms with E-state index < -0.39 is 9.45 Å². The van der Waals surface area contributed by atoms with Crippen LogP contribution < -0.4 is 0 Å². The first kappa shape index (κ1) is 24.6. The molecule has 3 nitrogen and oxygen atoms in total. The molecule has 0 N–H and O–H groups in total. The van der Waals surface area contributed by atoms with Gasteiger partial charge in [-0.05, 0) is 63.4 Å². The highest BCUT2D eigenvalue weighted by Crippen LogP contribution is 2.48. The molecule has 0 aliphatic carbocycles. The summed E-state index contributed by atoms with van der Waals surface area (Å²) >= 11 is 6.35. The molecule has 43 heavy (non-hydrogen) atoms. The van der Waals surface area contributed by atoms with Crippen LogP contribution in [0.3, 0.4) is 0 Å². The quantitative estimate of drug-likeness (QED) is 0.207. The first-order chi connectivity index (χ1) is 21.2. The van der Waals surface area contributed by atoms with Crippen molar-refractivity contribution in [2.75, 3.05) is 0 Å². The topological polar surface area (TPSA) is 30.7 Å². The average Bonchev–Trinajstić information content (AvgIpc) is 3.55. The normalized spacial score (nSPS) is 13.9. The molecule has 8 aromatic rings. The molecule has 1 aliphatic rings. The minimum absolute atomic E-state index is 0.491. The largest absolute Gasteiger partial charge is 0.278 e. The number of rotatable bonds is 3. The van der Waals surface area contributed by atoms with Crippen LogP contribution in [0.5, 0.6) is 0 Å². The highest BCUT2D eigenvalue weighted by Gasteiger charge is 2.29. The van der Waals surface area contributed by atoms with Gasteiger partial charge in [0.2, 0.25) is 5.95 Å². The molecule has 0 saturated carbocycles. The van der Waals surface area contributed by atoms with Crippen LogP contribution in [0.15, 0.2) is 149 Å². The molecule has 0 fully saturated rings. The molecule has 202 valence electrons. The second-order valence-corrected chi connectivity index (χ2v) is 13.2. The highest BCUT2D eigenvalue weighted by molar-refractivity contribution is 8.29. The highest BCUT2D eigenvalue weighted by atomic mass is 32.8. The van der Waals surface area contributed by atoms with Crippen molar-refractivity contribution in [3.63, 3.8) is 0 Å². The molecule has 2 aromatic heterocycles. The van der Waals surface area contributed by atoms with E-state index in [4.69, 9.17) is 21.2 Å². The fourth-order valence-corrected chi connectivity index (χ4v) is 8.92. The van der Waals surface area contributed by atoms with Crippen molar-refractivity contribution in [2.24, 2.45) is 0 Å². The third kappa shape index (κ3) is 3.75. The number of para-hydroxylation sites is 1. The Hall–Kier alpha value is -4.97. The maximum absolute atomic E-state index is 6.35. The van der Waals surface area contributed by atoms with E-state index in [2.05, 4.69) is 132 Å². The van der Waals surface area contributed by atoms with Crippen LogP contribution in [0.25, 0.3) is 72.2 Å². The second kappa shape index (κ2) is 9.53. The van der Waals surface area contributed by atoms with Gasteiger partial charge in [-0.3, -0.25) is 4.57 Å². The van der Waals surface area contributed by atoms with E-state index in [1.54, 1.807) is 0 Å². The summed E-state index contributed by atoms with van der Waals surface area (Å²) in [5, 5.41) is 4.84. The van der Waals surface area contributed by atoms with Crippen LogP contribution in [-0.4, -0.2) is 14.5 Å². The molecule has 3 heterocycles. The van der Waals surface area contributed by atoms with Gasteiger partial charge >= 0.3 is 0 Å². The number of fused-ring (bicyclic) bond motifs is 8. The van der Waals surface area contributed by atoms with Crippen LogP contribution in [0.1, 0.15) is 0 Å². The van der Waals surface area contributed by atoms with Gasteiger partial charge < -0.3 is 0 Å². The molecule has 0 amide bonds. The molecular formula is C38H23N3S2. The lowest BCUT2D eigenvalue weighted by Gasteiger charge is -2.12. The van der Waals surface area contributed by atoms with E-state index >= 15 is 0 Å². The third-order valence-electron chi connectivity index (χ3n) is 8.37. The molecule has 5 heteroatoms. The minimum Gasteiger partial charge on any atom is -0.278 e. The Morgan fingerprint density at radius 2 is 1.14 bits per heavy atom. The number of hydrogen-bond acceptors (Lipinski definition) is 3. The average molecular weight is 586 g/mol. The van der Waals surface area contributed by atoms with E-state index in [9.17, 15) is 0 Å². The molecule has 1 unspecified atom stereocenters. The molecule has 0 spiro atoms. The van der Waals surface area contributed by atoms with Crippen LogP contribution in [0.4, 0.5) is 0 Å². The van der Waals surface area contributed by atoms with Crippen molar-refractivity contribution in [3.8, 4) is 39.6 Å². The minimum atomic E-state index is -0.491. The van der Waals surface area contributed by atoms with Crippen LogP contribution in [0.2, 0.25) is 0 Å². The summed E-state index contributed by atoms with van der Waals surface area (Å²) < 4.78 is 2.22. The van der Waals surface area contributed by atoms with E-state index in [0.717, 1.165) is 33.5 Å². The maximum Gasteiger partial charge on any atom is 0.235 e. The number of hydrogen-bond donors (Lipinski definition) is 0. The third-order valence-corrected chi connectivity index (χ3v) is 10.9. The van der Waals surface area contributed by atoms with Crippen LogP contribution >= 0.6 is 0 Å². The molecule has 0 bridgehead atoms. The molecule has 0 saturated heterocycles. The fraction of sp³-hybridized carbons (Fsp3) is 0. The van der Waals surface area contributed by atoms with Crippen molar-refractivity contribution in [3.05, 3.63) is 140 Å². The van der Waals surface area contributed by atoms with Gasteiger partial charge in [-0.25, -0.2) is 9.97 Å². The van der Waals surface area contributed by atoms with Gasteiger partial charge in [0.05, 0.1) is 22.4 Å². The van der Waals surface area contributed by atoms with Crippen molar-refractivity contribution in [1.29, 1.82) is 0 Å². The van der Waals surface area contributed by atoms with Crippen molar-refractivity contribution >= 4 is 53.2 Å². The predicted molar refractivity (Wildman–Crippen MR) is 181 cm³/mol. The van der Waals surface area contributed by atoms with Crippen molar-refractivity contribution in [2.45, 2.75) is 9.79 Å². The Kier molecular flexibility index (Phi) is 5.45. The SMILES string of the molecule is S=S1c2cc3ccccc3cc2-c2ccc3c(c21)c1ccccc1n3-c1nc(-c2ccccc2)cc(-c2ccccc2)n1. The molecular weight excluding hydrogens is 563 g/mol.